The zero-order valence-electron chi connectivity index (χ0n) is 16.3. The summed E-state index contributed by atoms with van der Waals surface area (Å²) >= 11 is 13.6. The molecule has 0 unspecified atom stereocenters. The van der Waals surface area contributed by atoms with Crippen LogP contribution < -0.4 is 10.2 Å². The first-order chi connectivity index (χ1) is 15.1. The lowest BCUT2D eigenvalue weighted by Crippen LogP contribution is -2.19. The van der Waals surface area contributed by atoms with E-state index in [9.17, 15) is 0 Å². The first kappa shape index (κ1) is 20.1. The number of aromatic nitrogens is 3. The van der Waals surface area contributed by atoms with Gasteiger partial charge in [0.15, 0.2) is 11.6 Å². The van der Waals surface area contributed by atoms with Crippen molar-refractivity contribution >= 4 is 40.7 Å². The van der Waals surface area contributed by atoms with Gasteiger partial charge in [-0.25, -0.2) is 4.68 Å². The molecule has 2 aromatic carbocycles. The molecule has 0 aliphatic carbocycles. The highest BCUT2D eigenvalue weighted by molar-refractivity contribution is 8.02. The van der Waals surface area contributed by atoms with Crippen LogP contribution in [0.15, 0.2) is 69.6 Å². The van der Waals surface area contributed by atoms with Crippen LogP contribution in [0.25, 0.3) is 17.0 Å². The Morgan fingerprint density at radius 2 is 1.81 bits per heavy atom. The first-order valence-electron chi connectivity index (χ1n) is 9.37. The summed E-state index contributed by atoms with van der Waals surface area (Å²) in [5.74, 6) is 3.02. The number of nitrogens with zero attached hydrogens (tertiary/aromatic N) is 3. The zero-order valence-corrected chi connectivity index (χ0v) is 18.6. The average molecular weight is 471 g/mol. The Morgan fingerprint density at radius 1 is 1.00 bits per heavy atom. The molecule has 1 aliphatic rings. The quantitative estimate of drug-likeness (QED) is 0.380. The fraction of sp³-hybridized carbons (Fsp3) is 0.0909. The summed E-state index contributed by atoms with van der Waals surface area (Å²) in [6, 6.07) is 17.1. The van der Waals surface area contributed by atoms with Gasteiger partial charge in [0.2, 0.25) is 5.16 Å². The zero-order chi connectivity index (χ0) is 21.4. The number of thioether (sulfide) groups is 1. The van der Waals surface area contributed by atoms with Crippen LogP contribution in [0.4, 0.5) is 0 Å². The van der Waals surface area contributed by atoms with Crippen molar-refractivity contribution in [3.63, 3.8) is 0 Å². The Balaban J connectivity index is 1.36. The van der Waals surface area contributed by atoms with Crippen LogP contribution in [0.3, 0.4) is 0 Å². The van der Waals surface area contributed by atoms with Gasteiger partial charge >= 0.3 is 0 Å². The summed E-state index contributed by atoms with van der Waals surface area (Å²) < 4.78 is 13.2. The van der Waals surface area contributed by atoms with Crippen LogP contribution in [0, 0.1) is 0 Å². The van der Waals surface area contributed by atoms with E-state index < -0.39 is 0 Å². The molecule has 9 heteroatoms. The van der Waals surface area contributed by atoms with E-state index in [0.717, 1.165) is 33.6 Å². The minimum atomic E-state index is 0.486. The van der Waals surface area contributed by atoms with Gasteiger partial charge in [0.1, 0.15) is 17.2 Å². The number of halogens is 2. The van der Waals surface area contributed by atoms with E-state index >= 15 is 0 Å². The molecule has 5 rings (SSSR count). The molecular formula is C22H16Cl2N4O2S. The number of benzene rings is 2. The van der Waals surface area contributed by atoms with Gasteiger partial charge in [0.25, 0.3) is 0 Å². The SMILES string of the molecule is COc1ccc(Cc2nnc3n2NC(c2ccc(-c4ccc(Cl)c(Cl)c4)o2)=CS3)cc1. The van der Waals surface area contributed by atoms with Crippen LogP contribution >= 0.6 is 35.0 Å². The Kier molecular flexibility index (Phi) is 5.40. The molecule has 3 heterocycles. The van der Waals surface area contributed by atoms with Crippen molar-refractivity contribution in [3.05, 3.63) is 87.2 Å². The summed E-state index contributed by atoms with van der Waals surface area (Å²) in [6.45, 7) is 0. The Hall–Kier alpha value is -2.87. The Morgan fingerprint density at radius 3 is 2.58 bits per heavy atom. The molecule has 0 saturated carbocycles. The third-order valence-corrected chi connectivity index (χ3v) is 6.38. The predicted molar refractivity (Wildman–Crippen MR) is 123 cm³/mol. The monoisotopic (exact) mass is 470 g/mol. The summed E-state index contributed by atoms with van der Waals surface area (Å²) in [5.41, 5.74) is 6.14. The lowest BCUT2D eigenvalue weighted by Gasteiger charge is -2.17. The van der Waals surface area contributed by atoms with Gasteiger partial charge in [0, 0.05) is 17.4 Å². The maximum absolute atomic E-state index is 6.14. The second-order valence-corrected chi connectivity index (χ2v) is 8.46. The summed E-state index contributed by atoms with van der Waals surface area (Å²) in [4.78, 5) is 0. The fourth-order valence-corrected chi connectivity index (χ4v) is 4.22. The van der Waals surface area contributed by atoms with Crippen molar-refractivity contribution in [2.45, 2.75) is 11.6 Å². The molecule has 2 aromatic heterocycles. The highest BCUT2D eigenvalue weighted by Gasteiger charge is 2.20. The van der Waals surface area contributed by atoms with E-state index in [1.54, 1.807) is 19.2 Å². The molecule has 0 fully saturated rings. The molecular weight excluding hydrogens is 455 g/mol. The average Bonchev–Trinajstić information content (AvgIpc) is 3.44. The van der Waals surface area contributed by atoms with E-state index in [1.807, 2.05) is 52.5 Å². The van der Waals surface area contributed by atoms with Crippen LogP contribution in [-0.2, 0) is 6.42 Å². The lowest BCUT2D eigenvalue weighted by atomic mass is 10.1. The van der Waals surface area contributed by atoms with Gasteiger partial charge in [0.05, 0.1) is 17.2 Å². The maximum atomic E-state index is 6.14. The summed E-state index contributed by atoms with van der Waals surface area (Å²) in [6.07, 6.45) is 0.629. The molecule has 0 spiro atoms. The summed E-state index contributed by atoms with van der Waals surface area (Å²) in [5, 5.41) is 12.3. The number of ether oxygens (including phenoxy) is 1. The molecule has 6 nitrogen and oxygen atoms in total. The molecule has 0 atom stereocenters. The van der Waals surface area contributed by atoms with Crippen LogP contribution in [0.1, 0.15) is 17.1 Å². The van der Waals surface area contributed by atoms with Crippen LogP contribution in [-0.4, -0.2) is 22.0 Å². The van der Waals surface area contributed by atoms with Crippen molar-refractivity contribution in [2.75, 3.05) is 12.5 Å². The predicted octanol–water partition coefficient (Wildman–Crippen LogP) is 6.09. The number of hydrogen-bond donors (Lipinski definition) is 1. The van der Waals surface area contributed by atoms with Gasteiger partial charge < -0.3 is 9.15 Å². The summed E-state index contributed by atoms with van der Waals surface area (Å²) in [7, 11) is 1.65. The number of methoxy groups -OCH3 is 1. The van der Waals surface area contributed by atoms with Crippen molar-refractivity contribution in [2.24, 2.45) is 0 Å². The van der Waals surface area contributed by atoms with Crippen molar-refractivity contribution < 1.29 is 9.15 Å². The van der Waals surface area contributed by atoms with Gasteiger partial charge in [-0.15, -0.1) is 10.2 Å². The molecule has 0 amide bonds. The number of furan rings is 1. The largest absolute Gasteiger partial charge is 0.497 e. The fourth-order valence-electron chi connectivity index (χ4n) is 3.19. The number of rotatable bonds is 5. The van der Waals surface area contributed by atoms with Crippen molar-refractivity contribution in [3.8, 4) is 17.1 Å². The van der Waals surface area contributed by atoms with Gasteiger partial charge in [-0.3, -0.25) is 5.43 Å². The topological polar surface area (TPSA) is 65.1 Å². The number of nitrogens with one attached hydrogen (secondary N) is 1. The molecule has 0 radical (unpaired) electrons. The third kappa shape index (κ3) is 4.04. The Bertz CT molecular complexity index is 1280. The van der Waals surface area contributed by atoms with Gasteiger partial charge in [-0.2, -0.15) is 0 Å². The Labute approximate surface area is 192 Å². The standard InChI is InChI=1S/C22H16Cl2N4O2S/c1-29-15-5-2-13(3-6-15)10-21-25-26-22-28(21)27-18(12-31-22)20-9-8-19(30-20)14-4-7-16(23)17(24)11-14/h2-9,11-12,27H,10H2,1H3. The van der Waals surface area contributed by atoms with Crippen LogP contribution in [0.2, 0.25) is 10.0 Å². The maximum Gasteiger partial charge on any atom is 0.214 e. The highest BCUT2D eigenvalue weighted by atomic mass is 35.5. The number of hydrogen-bond acceptors (Lipinski definition) is 6. The molecule has 31 heavy (non-hydrogen) atoms. The molecule has 1 aliphatic heterocycles. The van der Waals surface area contributed by atoms with E-state index in [4.69, 9.17) is 32.4 Å². The van der Waals surface area contributed by atoms with E-state index in [-0.39, 0.29) is 0 Å². The first-order valence-corrected chi connectivity index (χ1v) is 11.0. The van der Waals surface area contributed by atoms with E-state index in [1.165, 1.54) is 11.8 Å². The minimum Gasteiger partial charge on any atom is -0.497 e. The number of fused-ring (bicyclic) bond motifs is 1. The third-order valence-electron chi connectivity index (χ3n) is 4.81. The van der Waals surface area contributed by atoms with Gasteiger partial charge in [-0.1, -0.05) is 47.1 Å². The molecule has 156 valence electrons. The molecule has 4 aromatic rings. The lowest BCUT2D eigenvalue weighted by molar-refractivity contribution is 0.414. The molecule has 0 bridgehead atoms. The highest BCUT2D eigenvalue weighted by Crippen LogP contribution is 2.33. The van der Waals surface area contributed by atoms with Gasteiger partial charge in [-0.05, 0) is 48.0 Å². The van der Waals surface area contributed by atoms with E-state index in [2.05, 4.69) is 15.6 Å². The van der Waals surface area contributed by atoms with Crippen molar-refractivity contribution in [1.29, 1.82) is 0 Å². The normalized spacial score (nSPS) is 12.8. The second-order valence-electron chi connectivity index (χ2n) is 6.81. The molecule has 1 N–H and O–H groups in total. The smallest absolute Gasteiger partial charge is 0.214 e. The minimum absolute atomic E-state index is 0.486. The molecule has 0 saturated heterocycles. The van der Waals surface area contributed by atoms with Crippen LogP contribution in [0.5, 0.6) is 5.75 Å². The van der Waals surface area contributed by atoms with E-state index in [0.29, 0.717) is 28.0 Å². The second kappa shape index (κ2) is 8.34. The van der Waals surface area contributed by atoms with Crippen molar-refractivity contribution in [1.82, 2.24) is 14.9 Å².